The van der Waals surface area contributed by atoms with Gasteiger partial charge in [0.25, 0.3) is 0 Å². The Morgan fingerprint density at radius 2 is 2.06 bits per heavy atom. The molecule has 0 radical (unpaired) electrons. The average molecular weight is 256 g/mol. The molecule has 2 N–H and O–H groups in total. The lowest BCUT2D eigenvalue weighted by atomic mass is 9.83. The molecule has 1 fully saturated rings. The number of amides is 1. The highest BCUT2D eigenvalue weighted by atomic mass is 16.6. The van der Waals surface area contributed by atoms with Crippen LogP contribution in [0, 0.1) is 17.8 Å². The zero-order valence-corrected chi connectivity index (χ0v) is 12.4. The summed E-state index contributed by atoms with van der Waals surface area (Å²) >= 11 is 0. The van der Waals surface area contributed by atoms with Crippen LogP contribution in [0.1, 0.15) is 41.0 Å². The molecule has 0 aliphatic carbocycles. The molecule has 1 amide bonds. The Labute approximate surface area is 111 Å². The van der Waals surface area contributed by atoms with Crippen molar-refractivity contribution < 1.29 is 9.53 Å². The van der Waals surface area contributed by atoms with Crippen LogP contribution in [0.5, 0.6) is 0 Å². The van der Waals surface area contributed by atoms with E-state index in [1.165, 1.54) is 0 Å². The molecule has 2 atom stereocenters. The van der Waals surface area contributed by atoms with E-state index in [4.69, 9.17) is 10.5 Å². The van der Waals surface area contributed by atoms with Gasteiger partial charge in [-0.1, -0.05) is 13.8 Å². The standard InChI is InChI=1S/C14H28N2O2/c1-10(2)12(8-15)11-6-7-16(9-11)13(17)18-14(3,4)5/h10-12H,6-9,15H2,1-5H3. The Morgan fingerprint density at radius 3 is 2.50 bits per heavy atom. The molecule has 0 aromatic carbocycles. The smallest absolute Gasteiger partial charge is 0.410 e. The third-order valence-electron chi connectivity index (χ3n) is 3.61. The second-order valence-electron chi connectivity index (χ2n) is 6.62. The highest BCUT2D eigenvalue weighted by molar-refractivity contribution is 5.68. The molecule has 18 heavy (non-hydrogen) atoms. The summed E-state index contributed by atoms with van der Waals surface area (Å²) in [4.78, 5) is 13.8. The summed E-state index contributed by atoms with van der Waals surface area (Å²) in [6.07, 6.45) is 0.851. The SMILES string of the molecule is CC(C)C(CN)C1CCN(C(=O)OC(C)(C)C)C1. The second-order valence-corrected chi connectivity index (χ2v) is 6.62. The molecule has 0 saturated carbocycles. The van der Waals surface area contributed by atoms with Crippen LogP contribution in [0.2, 0.25) is 0 Å². The van der Waals surface area contributed by atoms with E-state index in [-0.39, 0.29) is 6.09 Å². The molecule has 106 valence electrons. The molecule has 1 aliphatic rings. The highest BCUT2D eigenvalue weighted by Crippen LogP contribution is 2.29. The van der Waals surface area contributed by atoms with E-state index in [0.29, 0.717) is 24.3 Å². The van der Waals surface area contributed by atoms with Gasteiger partial charge in [-0.15, -0.1) is 0 Å². The summed E-state index contributed by atoms with van der Waals surface area (Å²) in [6, 6.07) is 0. The molecule has 0 bridgehead atoms. The van der Waals surface area contributed by atoms with Crippen LogP contribution in [0.15, 0.2) is 0 Å². The van der Waals surface area contributed by atoms with E-state index in [1.807, 2.05) is 25.7 Å². The molecule has 1 saturated heterocycles. The number of carbonyl (C=O) groups excluding carboxylic acids is 1. The van der Waals surface area contributed by atoms with E-state index in [0.717, 1.165) is 19.5 Å². The van der Waals surface area contributed by atoms with Crippen molar-refractivity contribution in [2.45, 2.75) is 46.6 Å². The Kier molecular flexibility index (Phi) is 5.02. The molecule has 0 aromatic rings. The van der Waals surface area contributed by atoms with Gasteiger partial charge in [-0.05, 0) is 51.5 Å². The van der Waals surface area contributed by atoms with Gasteiger partial charge in [0.05, 0.1) is 0 Å². The van der Waals surface area contributed by atoms with Crippen LogP contribution in [0.25, 0.3) is 0 Å². The first-order valence-corrected chi connectivity index (χ1v) is 6.92. The highest BCUT2D eigenvalue weighted by Gasteiger charge is 2.34. The summed E-state index contributed by atoms with van der Waals surface area (Å²) < 4.78 is 5.40. The summed E-state index contributed by atoms with van der Waals surface area (Å²) in [6.45, 7) is 12.4. The zero-order valence-electron chi connectivity index (χ0n) is 12.4. The van der Waals surface area contributed by atoms with Gasteiger partial charge in [0.2, 0.25) is 0 Å². The number of nitrogens with two attached hydrogens (primary N) is 1. The number of ether oxygens (including phenoxy) is 1. The van der Waals surface area contributed by atoms with E-state index in [9.17, 15) is 4.79 Å². The summed E-state index contributed by atoms with van der Waals surface area (Å²) in [5, 5.41) is 0. The molecule has 4 heteroatoms. The molecular weight excluding hydrogens is 228 g/mol. The van der Waals surface area contributed by atoms with Crippen LogP contribution < -0.4 is 5.73 Å². The maximum Gasteiger partial charge on any atom is 0.410 e. The van der Waals surface area contributed by atoms with Crippen molar-refractivity contribution in [1.29, 1.82) is 0 Å². The lowest BCUT2D eigenvalue weighted by Crippen LogP contribution is -2.37. The fourth-order valence-corrected chi connectivity index (χ4v) is 2.64. The first kappa shape index (κ1) is 15.3. The monoisotopic (exact) mass is 256 g/mol. The van der Waals surface area contributed by atoms with Gasteiger partial charge in [-0.3, -0.25) is 0 Å². The summed E-state index contributed by atoms with van der Waals surface area (Å²) in [5.74, 6) is 1.58. The molecule has 1 aliphatic heterocycles. The van der Waals surface area contributed by atoms with Gasteiger partial charge in [0, 0.05) is 13.1 Å². The van der Waals surface area contributed by atoms with Crippen molar-refractivity contribution in [1.82, 2.24) is 4.90 Å². The lowest BCUT2D eigenvalue weighted by Gasteiger charge is -2.27. The third-order valence-corrected chi connectivity index (χ3v) is 3.61. The molecule has 4 nitrogen and oxygen atoms in total. The normalized spacial score (nSPS) is 22.4. The topological polar surface area (TPSA) is 55.6 Å². The van der Waals surface area contributed by atoms with Gasteiger partial charge in [0.1, 0.15) is 5.60 Å². The fraction of sp³-hybridized carbons (Fsp3) is 0.929. The Balaban J connectivity index is 2.53. The van der Waals surface area contributed by atoms with Crippen molar-refractivity contribution in [2.24, 2.45) is 23.5 Å². The van der Waals surface area contributed by atoms with Crippen LogP contribution in [0.3, 0.4) is 0 Å². The van der Waals surface area contributed by atoms with Gasteiger partial charge in [-0.2, -0.15) is 0 Å². The number of hydrogen-bond acceptors (Lipinski definition) is 3. The number of hydrogen-bond donors (Lipinski definition) is 1. The van der Waals surface area contributed by atoms with Gasteiger partial charge >= 0.3 is 6.09 Å². The third kappa shape index (κ3) is 4.16. The van der Waals surface area contributed by atoms with Crippen LogP contribution in [-0.4, -0.2) is 36.2 Å². The fourth-order valence-electron chi connectivity index (χ4n) is 2.64. The molecular formula is C14H28N2O2. The minimum Gasteiger partial charge on any atom is -0.444 e. The van der Waals surface area contributed by atoms with Crippen molar-refractivity contribution >= 4 is 6.09 Å². The zero-order chi connectivity index (χ0) is 13.9. The maximum absolute atomic E-state index is 12.0. The lowest BCUT2D eigenvalue weighted by molar-refractivity contribution is 0.0281. The molecule has 1 heterocycles. The van der Waals surface area contributed by atoms with E-state index >= 15 is 0 Å². The number of likely N-dealkylation sites (tertiary alicyclic amines) is 1. The number of carbonyl (C=O) groups is 1. The van der Waals surface area contributed by atoms with E-state index < -0.39 is 5.60 Å². The predicted octanol–water partition coefficient (Wildman–Crippen LogP) is 2.47. The van der Waals surface area contributed by atoms with Crippen molar-refractivity contribution in [3.05, 3.63) is 0 Å². The van der Waals surface area contributed by atoms with Crippen molar-refractivity contribution in [2.75, 3.05) is 19.6 Å². The molecule has 2 unspecified atom stereocenters. The Bertz CT molecular complexity index is 284. The van der Waals surface area contributed by atoms with Gasteiger partial charge in [-0.25, -0.2) is 4.79 Å². The first-order chi connectivity index (χ1) is 8.24. The Morgan fingerprint density at radius 1 is 1.44 bits per heavy atom. The number of rotatable bonds is 3. The predicted molar refractivity (Wildman–Crippen MR) is 73.3 cm³/mol. The van der Waals surface area contributed by atoms with Gasteiger partial charge in [0.15, 0.2) is 0 Å². The average Bonchev–Trinajstić information content (AvgIpc) is 2.64. The van der Waals surface area contributed by atoms with Crippen molar-refractivity contribution in [3.8, 4) is 0 Å². The quantitative estimate of drug-likeness (QED) is 0.844. The molecule has 0 aromatic heterocycles. The minimum absolute atomic E-state index is 0.190. The van der Waals surface area contributed by atoms with E-state index in [1.54, 1.807) is 0 Å². The molecule has 0 spiro atoms. The van der Waals surface area contributed by atoms with Crippen LogP contribution in [0.4, 0.5) is 4.79 Å². The summed E-state index contributed by atoms with van der Waals surface area (Å²) in [7, 11) is 0. The van der Waals surface area contributed by atoms with Crippen LogP contribution in [-0.2, 0) is 4.74 Å². The largest absolute Gasteiger partial charge is 0.444 e. The Hall–Kier alpha value is -0.770. The number of nitrogens with zero attached hydrogens (tertiary/aromatic N) is 1. The first-order valence-electron chi connectivity index (χ1n) is 6.92. The molecule has 1 rings (SSSR count). The van der Waals surface area contributed by atoms with Gasteiger partial charge < -0.3 is 15.4 Å². The summed E-state index contributed by atoms with van der Waals surface area (Å²) in [5.41, 5.74) is 5.43. The van der Waals surface area contributed by atoms with Crippen molar-refractivity contribution in [3.63, 3.8) is 0 Å². The van der Waals surface area contributed by atoms with Crippen LogP contribution >= 0.6 is 0 Å². The minimum atomic E-state index is -0.416. The van der Waals surface area contributed by atoms with E-state index in [2.05, 4.69) is 13.8 Å². The second kappa shape index (κ2) is 5.91. The maximum atomic E-state index is 12.0.